The molecular weight excluding hydrogens is 339 g/mol. The van der Waals surface area contributed by atoms with Gasteiger partial charge in [-0.05, 0) is 17.5 Å². The van der Waals surface area contributed by atoms with Crippen molar-refractivity contribution in [2.75, 3.05) is 0 Å². The minimum Gasteiger partial charge on any atom is -0.538 e. The summed E-state index contributed by atoms with van der Waals surface area (Å²) in [5.74, 6) is 0.605. The molecule has 0 aliphatic heterocycles. The van der Waals surface area contributed by atoms with E-state index < -0.39 is 0 Å². The molecule has 27 heavy (non-hydrogen) atoms. The molecule has 0 amide bonds. The molecule has 0 spiro atoms. The first kappa shape index (κ1) is 14.7. The van der Waals surface area contributed by atoms with Crippen LogP contribution in [0.4, 0.5) is 0 Å². The molecule has 0 atom stereocenters. The van der Waals surface area contributed by atoms with E-state index in [0.29, 0.717) is 5.75 Å². The van der Waals surface area contributed by atoms with Gasteiger partial charge in [0, 0.05) is 39.1 Å². The van der Waals surface area contributed by atoms with Crippen LogP contribution < -0.4 is 4.65 Å². The average molecular weight is 352 g/mol. The smallest absolute Gasteiger partial charge is 0.504 e. The predicted molar refractivity (Wildman–Crippen MR) is 108 cm³/mol. The van der Waals surface area contributed by atoms with Crippen LogP contribution in [-0.4, -0.2) is 12.7 Å². The number of benzene rings is 4. The summed E-state index contributed by atoms with van der Waals surface area (Å²) >= 11 is 0. The first-order chi connectivity index (χ1) is 13.3. The maximum absolute atomic E-state index is 9.23. The van der Waals surface area contributed by atoms with Crippen LogP contribution in [0.15, 0.2) is 75.6 Å². The number of fused-ring (bicyclic) bond motifs is 8. The van der Waals surface area contributed by atoms with Gasteiger partial charge in [-0.2, -0.15) is 0 Å². The maximum Gasteiger partial charge on any atom is 0.504 e. The Labute approximate surface area is 153 Å². The highest BCUT2D eigenvalue weighted by atomic mass is 16.5. The Morgan fingerprint density at radius 3 is 2.19 bits per heavy atom. The lowest BCUT2D eigenvalue weighted by molar-refractivity contribution is 0.456. The molecule has 0 bridgehead atoms. The minimum atomic E-state index is -0.380. The van der Waals surface area contributed by atoms with Crippen LogP contribution in [0.1, 0.15) is 0 Å². The van der Waals surface area contributed by atoms with Gasteiger partial charge in [-0.25, -0.2) is 0 Å². The van der Waals surface area contributed by atoms with Gasteiger partial charge < -0.3 is 18.5 Å². The normalized spacial score (nSPS) is 11.9. The SMILES string of the molecule is OBOc1cc2oc3cc4oc5ccccc5c4cc3c2c2ccccc12. The molecule has 1 N–H and O–H groups in total. The summed E-state index contributed by atoms with van der Waals surface area (Å²) in [5.41, 5.74) is 3.17. The zero-order valence-electron chi connectivity index (χ0n) is 14.2. The molecule has 128 valence electrons. The monoisotopic (exact) mass is 352 g/mol. The van der Waals surface area contributed by atoms with E-state index in [1.54, 1.807) is 0 Å². The van der Waals surface area contributed by atoms with Crippen LogP contribution in [0.5, 0.6) is 5.75 Å². The summed E-state index contributed by atoms with van der Waals surface area (Å²) in [4.78, 5) is 0. The van der Waals surface area contributed by atoms with Gasteiger partial charge >= 0.3 is 7.69 Å². The van der Waals surface area contributed by atoms with Crippen molar-refractivity contribution in [3.05, 3.63) is 66.7 Å². The van der Waals surface area contributed by atoms with Gasteiger partial charge in [-0.1, -0.05) is 42.5 Å². The van der Waals surface area contributed by atoms with Crippen LogP contribution in [0.25, 0.3) is 54.6 Å². The van der Waals surface area contributed by atoms with Crippen molar-refractivity contribution in [2.45, 2.75) is 0 Å². The van der Waals surface area contributed by atoms with E-state index >= 15 is 0 Å². The van der Waals surface area contributed by atoms with E-state index in [-0.39, 0.29) is 7.69 Å². The summed E-state index contributed by atoms with van der Waals surface area (Å²) in [7, 11) is -0.380. The summed E-state index contributed by atoms with van der Waals surface area (Å²) in [6.07, 6.45) is 0. The van der Waals surface area contributed by atoms with Gasteiger partial charge in [0.2, 0.25) is 0 Å². The quantitative estimate of drug-likeness (QED) is 0.431. The Balaban J connectivity index is 1.81. The topological polar surface area (TPSA) is 55.7 Å². The van der Waals surface area contributed by atoms with Gasteiger partial charge in [0.15, 0.2) is 0 Å². The van der Waals surface area contributed by atoms with Gasteiger partial charge in [0.1, 0.15) is 28.1 Å². The molecule has 0 radical (unpaired) electrons. The van der Waals surface area contributed by atoms with Crippen molar-refractivity contribution in [3.8, 4) is 5.75 Å². The molecule has 0 aliphatic carbocycles. The van der Waals surface area contributed by atoms with E-state index in [0.717, 1.165) is 54.6 Å². The lowest BCUT2D eigenvalue weighted by Crippen LogP contribution is -2.00. The lowest BCUT2D eigenvalue weighted by Gasteiger charge is -2.07. The van der Waals surface area contributed by atoms with E-state index in [9.17, 15) is 5.02 Å². The second kappa shape index (κ2) is 5.28. The maximum atomic E-state index is 9.23. The standard InChI is InChI=1S/C22H13BO4/c24-23-27-20-11-21-22(14-7-2-1-5-12(14)20)16-9-15-13-6-3-4-8-17(13)25-18(15)10-19(16)26-21/h1-11,23-24H. The number of rotatable bonds is 2. The van der Waals surface area contributed by atoms with E-state index in [4.69, 9.17) is 13.5 Å². The molecule has 2 heterocycles. The third-order valence-electron chi connectivity index (χ3n) is 5.16. The Morgan fingerprint density at radius 1 is 0.630 bits per heavy atom. The third kappa shape index (κ3) is 1.97. The Kier molecular flexibility index (Phi) is 2.88. The molecule has 2 aromatic heterocycles. The summed E-state index contributed by atoms with van der Waals surface area (Å²) in [5, 5.41) is 15.4. The first-order valence-corrected chi connectivity index (χ1v) is 8.76. The fourth-order valence-electron chi connectivity index (χ4n) is 4.02. The molecule has 4 aromatic carbocycles. The molecule has 0 aliphatic rings. The summed E-state index contributed by atoms with van der Waals surface area (Å²) < 4.78 is 17.5. The Hall–Kier alpha value is -3.44. The molecule has 0 saturated carbocycles. The summed E-state index contributed by atoms with van der Waals surface area (Å²) in [6.45, 7) is 0. The minimum absolute atomic E-state index is 0.380. The lowest BCUT2D eigenvalue weighted by atomic mass is 10.0. The van der Waals surface area contributed by atoms with Crippen LogP contribution in [0, 0.1) is 0 Å². The van der Waals surface area contributed by atoms with Crippen molar-refractivity contribution in [3.63, 3.8) is 0 Å². The number of hydrogen-bond acceptors (Lipinski definition) is 4. The van der Waals surface area contributed by atoms with E-state index in [2.05, 4.69) is 18.2 Å². The van der Waals surface area contributed by atoms with Crippen molar-refractivity contribution >= 4 is 62.3 Å². The zero-order chi connectivity index (χ0) is 18.0. The molecule has 0 fully saturated rings. The van der Waals surface area contributed by atoms with Gasteiger partial charge in [0.05, 0.1) is 0 Å². The average Bonchev–Trinajstić information content (AvgIpc) is 3.23. The second-order valence-electron chi connectivity index (χ2n) is 6.61. The van der Waals surface area contributed by atoms with Crippen molar-refractivity contribution in [1.82, 2.24) is 0 Å². The van der Waals surface area contributed by atoms with Crippen LogP contribution in [0.2, 0.25) is 0 Å². The van der Waals surface area contributed by atoms with Gasteiger partial charge in [-0.15, -0.1) is 0 Å². The van der Waals surface area contributed by atoms with Crippen LogP contribution in [-0.2, 0) is 0 Å². The van der Waals surface area contributed by atoms with E-state index in [1.807, 2.05) is 48.5 Å². The molecule has 5 heteroatoms. The number of para-hydroxylation sites is 1. The Bertz CT molecular complexity index is 1490. The van der Waals surface area contributed by atoms with Crippen molar-refractivity contribution in [1.29, 1.82) is 0 Å². The molecule has 6 rings (SSSR count). The molecule has 0 unspecified atom stereocenters. The van der Waals surface area contributed by atoms with Crippen molar-refractivity contribution in [2.24, 2.45) is 0 Å². The molecular formula is C22H13BO4. The van der Waals surface area contributed by atoms with Crippen molar-refractivity contribution < 1.29 is 18.5 Å². The highest BCUT2D eigenvalue weighted by molar-refractivity contribution is 6.24. The fraction of sp³-hybridized carbons (Fsp3) is 0. The summed E-state index contributed by atoms with van der Waals surface area (Å²) in [6, 6.07) is 22.0. The largest absolute Gasteiger partial charge is 0.538 e. The molecule has 4 nitrogen and oxygen atoms in total. The highest BCUT2D eigenvalue weighted by Crippen LogP contribution is 2.41. The Morgan fingerprint density at radius 2 is 1.33 bits per heavy atom. The highest BCUT2D eigenvalue weighted by Gasteiger charge is 2.17. The van der Waals surface area contributed by atoms with E-state index in [1.165, 1.54) is 0 Å². The first-order valence-electron chi connectivity index (χ1n) is 8.76. The van der Waals surface area contributed by atoms with Gasteiger partial charge in [-0.3, -0.25) is 0 Å². The molecule has 0 saturated heterocycles. The predicted octanol–water partition coefficient (Wildman–Crippen LogP) is 5.28. The van der Waals surface area contributed by atoms with Gasteiger partial charge in [0.25, 0.3) is 0 Å². The molecule has 6 aromatic rings. The van der Waals surface area contributed by atoms with Crippen LogP contribution >= 0.6 is 0 Å². The van der Waals surface area contributed by atoms with Crippen LogP contribution in [0.3, 0.4) is 0 Å². The zero-order valence-corrected chi connectivity index (χ0v) is 14.2. The second-order valence-corrected chi connectivity index (χ2v) is 6.61. The third-order valence-corrected chi connectivity index (χ3v) is 5.16. The number of furan rings is 2. The fourth-order valence-corrected chi connectivity index (χ4v) is 4.02. The number of hydrogen-bond donors (Lipinski definition) is 1.